The standard InChI is InChI=1S/C13H11BrO5/c1-2-18-13(17)11(15)10-6-19-12(16)8-4-3-7(14)5-9(8)10/h3-5,10H,2,6H2,1H3. The number of hydrogen-bond donors (Lipinski definition) is 0. The highest BCUT2D eigenvalue weighted by Crippen LogP contribution is 2.30. The highest BCUT2D eigenvalue weighted by Gasteiger charge is 2.36. The molecule has 1 atom stereocenters. The molecular weight excluding hydrogens is 316 g/mol. The lowest BCUT2D eigenvalue weighted by Crippen LogP contribution is -2.33. The molecule has 5 nitrogen and oxygen atoms in total. The highest BCUT2D eigenvalue weighted by atomic mass is 79.9. The zero-order chi connectivity index (χ0) is 14.0. The molecule has 19 heavy (non-hydrogen) atoms. The van der Waals surface area contributed by atoms with Gasteiger partial charge in [-0.15, -0.1) is 0 Å². The van der Waals surface area contributed by atoms with Crippen molar-refractivity contribution in [2.75, 3.05) is 13.2 Å². The predicted octanol–water partition coefficient (Wildman–Crippen LogP) is 1.84. The number of esters is 2. The van der Waals surface area contributed by atoms with E-state index in [4.69, 9.17) is 4.74 Å². The molecule has 0 bridgehead atoms. The highest BCUT2D eigenvalue weighted by molar-refractivity contribution is 9.10. The van der Waals surface area contributed by atoms with E-state index in [1.54, 1.807) is 25.1 Å². The van der Waals surface area contributed by atoms with Gasteiger partial charge in [0.15, 0.2) is 0 Å². The zero-order valence-corrected chi connectivity index (χ0v) is 11.7. The Bertz CT molecular complexity index is 552. The second-order valence-corrected chi connectivity index (χ2v) is 4.88. The number of ketones is 1. The molecule has 2 rings (SSSR count). The molecule has 0 spiro atoms. The molecule has 1 aromatic rings. The normalized spacial score (nSPS) is 17.4. The van der Waals surface area contributed by atoms with Crippen molar-refractivity contribution in [2.24, 2.45) is 0 Å². The van der Waals surface area contributed by atoms with Crippen LogP contribution in [0.3, 0.4) is 0 Å². The fourth-order valence-electron chi connectivity index (χ4n) is 1.90. The summed E-state index contributed by atoms with van der Waals surface area (Å²) in [5, 5.41) is 0. The van der Waals surface area contributed by atoms with Gasteiger partial charge in [-0.05, 0) is 30.7 Å². The number of carbonyl (C=O) groups excluding carboxylic acids is 3. The molecule has 1 aromatic carbocycles. The topological polar surface area (TPSA) is 69.7 Å². The van der Waals surface area contributed by atoms with Gasteiger partial charge in [0.2, 0.25) is 0 Å². The van der Waals surface area contributed by atoms with Gasteiger partial charge >= 0.3 is 11.9 Å². The summed E-state index contributed by atoms with van der Waals surface area (Å²) in [6.07, 6.45) is 0. The first-order valence-electron chi connectivity index (χ1n) is 5.72. The van der Waals surface area contributed by atoms with Crippen molar-refractivity contribution in [1.29, 1.82) is 0 Å². The SMILES string of the molecule is CCOC(=O)C(=O)C1COC(=O)c2ccc(Br)cc21. The largest absolute Gasteiger partial charge is 0.461 e. The fraction of sp³-hybridized carbons (Fsp3) is 0.308. The quantitative estimate of drug-likeness (QED) is 0.626. The summed E-state index contributed by atoms with van der Waals surface area (Å²) in [5.74, 6) is -2.90. The maximum Gasteiger partial charge on any atom is 0.375 e. The number of Topliss-reactive ketones (excluding diaryl/α,β-unsaturated/α-hetero) is 1. The van der Waals surface area contributed by atoms with Gasteiger partial charge in [0.1, 0.15) is 6.61 Å². The summed E-state index contributed by atoms with van der Waals surface area (Å²) in [6.45, 7) is 1.61. The zero-order valence-electron chi connectivity index (χ0n) is 10.1. The van der Waals surface area contributed by atoms with Crippen LogP contribution in [0.1, 0.15) is 28.8 Å². The van der Waals surface area contributed by atoms with Crippen LogP contribution < -0.4 is 0 Å². The number of carbonyl (C=O) groups is 3. The number of halogens is 1. The van der Waals surface area contributed by atoms with Gasteiger partial charge in [0, 0.05) is 4.47 Å². The first-order chi connectivity index (χ1) is 9.04. The van der Waals surface area contributed by atoms with Gasteiger partial charge < -0.3 is 9.47 Å². The Labute approximate surface area is 118 Å². The predicted molar refractivity (Wildman–Crippen MR) is 68.8 cm³/mol. The Hall–Kier alpha value is -1.69. The van der Waals surface area contributed by atoms with Crippen molar-refractivity contribution in [2.45, 2.75) is 12.8 Å². The van der Waals surface area contributed by atoms with Crippen LogP contribution in [-0.4, -0.2) is 30.9 Å². The number of ether oxygens (including phenoxy) is 2. The van der Waals surface area contributed by atoms with Crippen molar-refractivity contribution in [1.82, 2.24) is 0 Å². The molecule has 1 aliphatic rings. The number of cyclic esters (lactones) is 1. The number of fused-ring (bicyclic) bond motifs is 1. The fourth-order valence-corrected chi connectivity index (χ4v) is 2.27. The third-order valence-electron chi connectivity index (χ3n) is 2.78. The summed E-state index contributed by atoms with van der Waals surface area (Å²) in [7, 11) is 0. The molecular formula is C13H11BrO5. The van der Waals surface area contributed by atoms with Gasteiger partial charge in [-0.3, -0.25) is 4.79 Å². The van der Waals surface area contributed by atoms with Crippen LogP contribution >= 0.6 is 15.9 Å². The van der Waals surface area contributed by atoms with Crippen molar-refractivity contribution in [3.8, 4) is 0 Å². The van der Waals surface area contributed by atoms with Gasteiger partial charge in [0.05, 0.1) is 18.1 Å². The first-order valence-corrected chi connectivity index (χ1v) is 6.51. The van der Waals surface area contributed by atoms with E-state index in [1.165, 1.54) is 0 Å². The Morgan fingerprint density at radius 3 is 2.89 bits per heavy atom. The maximum atomic E-state index is 12.0. The third kappa shape index (κ3) is 2.68. The van der Waals surface area contributed by atoms with E-state index in [0.29, 0.717) is 11.1 Å². The lowest BCUT2D eigenvalue weighted by atomic mass is 9.89. The van der Waals surface area contributed by atoms with Crippen molar-refractivity contribution >= 4 is 33.7 Å². The molecule has 0 aromatic heterocycles. The Morgan fingerprint density at radius 1 is 1.47 bits per heavy atom. The van der Waals surface area contributed by atoms with E-state index in [1.807, 2.05) is 0 Å². The molecule has 0 saturated heterocycles. The lowest BCUT2D eigenvalue weighted by Gasteiger charge is -2.23. The van der Waals surface area contributed by atoms with Crippen molar-refractivity contribution in [3.05, 3.63) is 33.8 Å². The van der Waals surface area contributed by atoms with E-state index in [9.17, 15) is 14.4 Å². The van der Waals surface area contributed by atoms with Gasteiger partial charge in [-0.1, -0.05) is 15.9 Å². The summed E-state index contributed by atoms with van der Waals surface area (Å²) in [5.41, 5.74) is 0.792. The Morgan fingerprint density at radius 2 is 2.21 bits per heavy atom. The number of benzene rings is 1. The molecule has 0 amide bonds. The molecule has 0 saturated carbocycles. The van der Waals surface area contributed by atoms with Crippen LogP contribution in [0, 0.1) is 0 Å². The maximum absolute atomic E-state index is 12.0. The summed E-state index contributed by atoms with van der Waals surface area (Å²) >= 11 is 3.28. The molecule has 0 radical (unpaired) electrons. The van der Waals surface area contributed by atoms with Crippen LogP contribution in [0.15, 0.2) is 22.7 Å². The first kappa shape index (κ1) is 13.7. The van der Waals surface area contributed by atoms with Crippen molar-refractivity contribution in [3.63, 3.8) is 0 Å². The van der Waals surface area contributed by atoms with E-state index in [0.717, 1.165) is 4.47 Å². The molecule has 0 aliphatic carbocycles. The summed E-state index contributed by atoms with van der Waals surface area (Å²) in [4.78, 5) is 35.1. The Kier molecular flexibility index (Phi) is 3.99. The molecule has 1 heterocycles. The summed E-state index contributed by atoms with van der Waals surface area (Å²) < 4.78 is 10.3. The van der Waals surface area contributed by atoms with Gasteiger partial charge in [-0.25, -0.2) is 9.59 Å². The van der Waals surface area contributed by atoms with Gasteiger partial charge in [0.25, 0.3) is 5.78 Å². The molecule has 6 heteroatoms. The van der Waals surface area contributed by atoms with Crippen LogP contribution in [0.2, 0.25) is 0 Å². The van der Waals surface area contributed by atoms with E-state index < -0.39 is 23.6 Å². The second-order valence-electron chi connectivity index (χ2n) is 3.97. The second kappa shape index (κ2) is 5.52. The number of rotatable bonds is 3. The smallest absolute Gasteiger partial charge is 0.375 e. The van der Waals surface area contributed by atoms with E-state index in [-0.39, 0.29) is 13.2 Å². The van der Waals surface area contributed by atoms with E-state index >= 15 is 0 Å². The van der Waals surface area contributed by atoms with Crippen LogP contribution in [0.25, 0.3) is 0 Å². The Balaban J connectivity index is 2.37. The molecule has 0 N–H and O–H groups in total. The minimum atomic E-state index is -0.906. The molecule has 0 fully saturated rings. The minimum absolute atomic E-state index is 0.127. The number of hydrogen-bond acceptors (Lipinski definition) is 5. The van der Waals surface area contributed by atoms with Crippen molar-refractivity contribution < 1.29 is 23.9 Å². The summed E-state index contributed by atoms with van der Waals surface area (Å²) in [6, 6.07) is 4.89. The average molecular weight is 327 g/mol. The van der Waals surface area contributed by atoms with Crippen LogP contribution in [0.4, 0.5) is 0 Å². The molecule has 1 unspecified atom stereocenters. The average Bonchev–Trinajstić information content (AvgIpc) is 2.38. The van der Waals surface area contributed by atoms with Crippen LogP contribution in [-0.2, 0) is 19.1 Å². The monoisotopic (exact) mass is 326 g/mol. The minimum Gasteiger partial charge on any atom is -0.461 e. The van der Waals surface area contributed by atoms with E-state index in [2.05, 4.69) is 20.7 Å². The van der Waals surface area contributed by atoms with Gasteiger partial charge in [-0.2, -0.15) is 0 Å². The molecule has 1 aliphatic heterocycles. The third-order valence-corrected chi connectivity index (χ3v) is 3.28. The van der Waals surface area contributed by atoms with Crippen LogP contribution in [0.5, 0.6) is 0 Å². The molecule has 100 valence electrons. The lowest BCUT2D eigenvalue weighted by molar-refractivity contribution is -0.154.